The minimum absolute atomic E-state index is 0.886. The van der Waals surface area contributed by atoms with Crippen molar-refractivity contribution < 1.29 is 0 Å². The highest BCUT2D eigenvalue weighted by atomic mass is 15.3. The summed E-state index contributed by atoms with van der Waals surface area (Å²) in [5.41, 5.74) is 1.61. The Bertz CT molecular complexity index is 477. The van der Waals surface area contributed by atoms with Crippen LogP contribution in [0, 0.1) is 0 Å². The molecular formula is C17H26N4. The van der Waals surface area contributed by atoms with Gasteiger partial charge in [0.1, 0.15) is 5.82 Å². The molecule has 4 heteroatoms. The molecule has 0 bridgehead atoms. The van der Waals surface area contributed by atoms with E-state index in [0.717, 1.165) is 37.8 Å². The van der Waals surface area contributed by atoms with Crippen molar-refractivity contribution in [1.29, 1.82) is 0 Å². The Labute approximate surface area is 127 Å². The lowest BCUT2D eigenvalue weighted by Crippen LogP contribution is -2.31. The fourth-order valence-corrected chi connectivity index (χ4v) is 3.18. The average molecular weight is 286 g/mol. The number of piperidine rings is 1. The molecule has 1 aromatic heterocycles. The van der Waals surface area contributed by atoms with E-state index >= 15 is 0 Å². The number of nitrogens with zero attached hydrogens (tertiary/aromatic N) is 3. The van der Waals surface area contributed by atoms with Crippen LogP contribution in [0.3, 0.4) is 0 Å². The number of rotatable bonds is 5. The van der Waals surface area contributed by atoms with Crippen molar-refractivity contribution in [2.75, 3.05) is 29.9 Å². The van der Waals surface area contributed by atoms with E-state index in [2.05, 4.69) is 26.3 Å². The fourth-order valence-electron chi connectivity index (χ4n) is 3.18. The molecule has 0 spiro atoms. The lowest BCUT2D eigenvalue weighted by atomic mass is 9.97. The number of anilines is 2. The van der Waals surface area contributed by atoms with Gasteiger partial charge in [-0.2, -0.15) is 4.98 Å². The van der Waals surface area contributed by atoms with Gasteiger partial charge in [-0.3, -0.25) is 0 Å². The predicted molar refractivity (Wildman–Crippen MR) is 87.8 cm³/mol. The van der Waals surface area contributed by atoms with E-state index < -0.39 is 0 Å². The van der Waals surface area contributed by atoms with Gasteiger partial charge in [0.15, 0.2) is 0 Å². The smallest absolute Gasteiger partial charge is 0.227 e. The van der Waals surface area contributed by atoms with Gasteiger partial charge in [-0.15, -0.1) is 0 Å². The summed E-state index contributed by atoms with van der Waals surface area (Å²) in [5.74, 6) is 1.85. The Morgan fingerprint density at radius 1 is 1.10 bits per heavy atom. The van der Waals surface area contributed by atoms with Crippen LogP contribution in [0.5, 0.6) is 0 Å². The summed E-state index contributed by atoms with van der Waals surface area (Å²) in [4.78, 5) is 11.4. The summed E-state index contributed by atoms with van der Waals surface area (Å²) in [6.07, 6.45) is 14.6. The largest absolute Gasteiger partial charge is 0.370 e. The van der Waals surface area contributed by atoms with Gasteiger partial charge in [-0.05, 0) is 57.4 Å². The molecule has 0 radical (unpaired) electrons. The molecule has 0 atom stereocenters. The molecular weight excluding hydrogens is 260 g/mol. The van der Waals surface area contributed by atoms with Crippen molar-refractivity contribution in [1.82, 2.24) is 9.97 Å². The Kier molecular flexibility index (Phi) is 5.08. The molecule has 0 saturated carbocycles. The van der Waals surface area contributed by atoms with Crippen LogP contribution >= 0.6 is 0 Å². The van der Waals surface area contributed by atoms with Gasteiger partial charge in [0.05, 0.1) is 0 Å². The van der Waals surface area contributed by atoms with E-state index in [1.807, 2.05) is 12.3 Å². The molecule has 21 heavy (non-hydrogen) atoms. The van der Waals surface area contributed by atoms with Crippen LogP contribution in [0.4, 0.5) is 11.8 Å². The maximum Gasteiger partial charge on any atom is 0.227 e. The first-order chi connectivity index (χ1) is 10.4. The first-order valence-corrected chi connectivity index (χ1v) is 8.41. The molecule has 1 aliphatic carbocycles. The van der Waals surface area contributed by atoms with Crippen molar-refractivity contribution in [3.8, 4) is 0 Å². The van der Waals surface area contributed by atoms with Crippen LogP contribution in [0.1, 0.15) is 51.4 Å². The van der Waals surface area contributed by atoms with Gasteiger partial charge in [0.25, 0.3) is 0 Å². The van der Waals surface area contributed by atoms with Crippen molar-refractivity contribution >= 4 is 11.8 Å². The van der Waals surface area contributed by atoms with Gasteiger partial charge in [-0.1, -0.05) is 11.6 Å². The fraction of sp³-hybridized carbons (Fsp3) is 0.647. The molecule has 1 aromatic rings. The molecule has 2 heterocycles. The molecule has 114 valence electrons. The van der Waals surface area contributed by atoms with Gasteiger partial charge in [0, 0.05) is 25.8 Å². The standard InChI is InChI=1S/C17H26N4/c1-3-7-15(8-4-1)9-11-18-16-10-12-19-17(20-16)21-13-5-2-6-14-21/h7,10,12H,1-6,8-9,11,13-14H2,(H,18,19,20). The highest BCUT2D eigenvalue weighted by molar-refractivity contribution is 5.41. The second-order valence-corrected chi connectivity index (χ2v) is 6.07. The van der Waals surface area contributed by atoms with Crippen LogP contribution in [0.15, 0.2) is 23.9 Å². The van der Waals surface area contributed by atoms with Gasteiger partial charge in [-0.25, -0.2) is 4.98 Å². The lowest BCUT2D eigenvalue weighted by molar-refractivity contribution is 0.568. The molecule has 1 fully saturated rings. The van der Waals surface area contributed by atoms with Crippen molar-refractivity contribution in [3.05, 3.63) is 23.9 Å². The van der Waals surface area contributed by atoms with E-state index in [1.165, 1.54) is 44.9 Å². The summed E-state index contributed by atoms with van der Waals surface area (Å²) in [6, 6.07) is 1.97. The second-order valence-electron chi connectivity index (χ2n) is 6.07. The summed E-state index contributed by atoms with van der Waals surface area (Å²) < 4.78 is 0. The zero-order valence-corrected chi connectivity index (χ0v) is 12.9. The van der Waals surface area contributed by atoms with Crippen molar-refractivity contribution in [2.45, 2.75) is 51.4 Å². The van der Waals surface area contributed by atoms with Crippen molar-refractivity contribution in [3.63, 3.8) is 0 Å². The van der Waals surface area contributed by atoms with E-state index in [1.54, 1.807) is 5.57 Å². The second kappa shape index (κ2) is 7.43. The number of hydrogen-bond donors (Lipinski definition) is 1. The molecule has 0 amide bonds. The highest BCUT2D eigenvalue weighted by Gasteiger charge is 2.13. The summed E-state index contributed by atoms with van der Waals surface area (Å²) >= 11 is 0. The quantitative estimate of drug-likeness (QED) is 0.837. The number of nitrogens with one attached hydrogen (secondary N) is 1. The van der Waals surface area contributed by atoms with Gasteiger partial charge in [0.2, 0.25) is 5.95 Å². The van der Waals surface area contributed by atoms with Crippen LogP contribution in [0.25, 0.3) is 0 Å². The third-order valence-electron chi connectivity index (χ3n) is 4.42. The topological polar surface area (TPSA) is 41.1 Å². The third-order valence-corrected chi connectivity index (χ3v) is 4.42. The normalized spacial score (nSPS) is 19.2. The molecule has 1 aliphatic heterocycles. The zero-order chi connectivity index (χ0) is 14.3. The Morgan fingerprint density at radius 2 is 2.00 bits per heavy atom. The first-order valence-electron chi connectivity index (χ1n) is 8.41. The molecule has 2 aliphatic rings. The Morgan fingerprint density at radius 3 is 2.81 bits per heavy atom. The molecule has 1 saturated heterocycles. The molecule has 0 unspecified atom stereocenters. The summed E-state index contributed by atoms with van der Waals surface area (Å²) in [7, 11) is 0. The minimum Gasteiger partial charge on any atom is -0.370 e. The lowest BCUT2D eigenvalue weighted by Gasteiger charge is -2.26. The van der Waals surface area contributed by atoms with E-state index in [9.17, 15) is 0 Å². The number of aromatic nitrogens is 2. The zero-order valence-electron chi connectivity index (χ0n) is 12.9. The molecule has 1 N–H and O–H groups in total. The van der Waals surface area contributed by atoms with Crippen LogP contribution in [-0.4, -0.2) is 29.6 Å². The van der Waals surface area contributed by atoms with Gasteiger partial charge >= 0.3 is 0 Å². The van der Waals surface area contributed by atoms with E-state index in [-0.39, 0.29) is 0 Å². The molecule has 0 aromatic carbocycles. The van der Waals surface area contributed by atoms with Crippen LogP contribution < -0.4 is 10.2 Å². The first kappa shape index (κ1) is 14.4. The van der Waals surface area contributed by atoms with E-state index in [4.69, 9.17) is 0 Å². The highest BCUT2D eigenvalue weighted by Crippen LogP contribution is 2.20. The summed E-state index contributed by atoms with van der Waals surface area (Å²) in [5, 5.41) is 3.45. The van der Waals surface area contributed by atoms with E-state index in [0.29, 0.717) is 0 Å². The maximum atomic E-state index is 4.66. The summed E-state index contributed by atoms with van der Waals surface area (Å²) in [6.45, 7) is 3.16. The average Bonchev–Trinajstić information content (AvgIpc) is 2.57. The maximum absolute atomic E-state index is 4.66. The van der Waals surface area contributed by atoms with Crippen LogP contribution in [-0.2, 0) is 0 Å². The van der Waals surface area contributed by atoms with Crippen LogP contribution in [0.2, 0.25) is 0 Å². The minimum atomic E-state index is 0.886. The Balaban J connectivity index is 1.52. The third kappa shape index (κ3) is 4.19. The molecule has 4 nitrogen and oxygen atoms in total. The Hall–Kier alpha value is -1.58. The van der Waals surface area contributed by atoms with Gasteiger partial charge < -0.3 is 10.2 Å². The van der Waals surface area contributed by atoms with Crippen molar-refractivity contribution in [2.24, 2.45) is 0 Å². The SMILES string of the molecule is C1=C(CCNc2ccnc(N3CCCCC3)n2)CCCC1. The predicted octanol–water partition coefficient (Wildman–Crippen LogP) is 3.77. The number of allylic oxidation sites excluding steroid dienone is 1. The molecule has 3 rings (SSSR count). The number of hydrogen-bond acceptors (Lipinski definition) is 4. The monoisotopic (exact) mass is 286 g/mol.